The minimum absolute atomic E-state index is 0.0620. The van der Waals surface area contributed by atoms with Crippen molar-refractivity contribution in [2.45, 2.75) is 39.2 Å². The molecule has 6 unspecified atom stereocenters. The molecule has 264 valence electrons. The van der Waals surface area contributed by atoms with Gasteiger partial charge in [-0.3, -0.25) is 28.8 Å². The van der Waals surface area contributed by atoms with E-state index < -0.39 is 46.8 Å². The molecular formula is C39H32Cl2N4O5S2. The van der Waals surface area contributed by atoms with Gasteiger partial charge in [0.1, 0.15) is 17.3 Å². The summed E-state index contributed by atoms with van der Waals surface area (Å²) in [6, 6.07) is 16.0. The van der Waals surface area contributed by atoms with Crippen molar-refractivity contribution in [2.24, 2.45) is 36.1 Å². The van der Waals surface area contributed by atoms with Crippen LogP contribution >= 0.6 is 45.9 Å². The molecule has 3 fully saturated rings. The van der Waals surface area contributed by atoms with E-state index in [2.05, 4.69) is 0 Å². The molecule has 2 aliphatic heterocycles. The molecule has 1 N–H and O–H groups in total. The lowest BCUT2D eigenvalue weighted by Crippen LogP contribution is -2.48. The van der Waals surface area contributed by atoms with E-state index in [0.717, 1.165) is 31.0 Å². The normalized spacial score (nSPS) is 27.0. The van der Waals surface area contributed by atoms with Gasteiger partial charge in [-0.05, 0) is 91.4 Å². The van der Waals surface area contributed by atoms with Crippen molar-refractivity contribution in [2.75, 3.05) is 4.90 Å². The van der Waals surface area contributed by atoms with Crippen LogP contribution in [0.3, 0.4) is 0 Å². The second kappa shape index (κ2) is 11.9. The number of anilines is 1. The first-order valence-corrected chi connectivity index (χ1v) is 19.5. The Balaban J connectivity index is 1.15. The van der Waals surface area contributed by atoms with E-state index >= 15 is 4.79 Å². The minimum Gasteiger partial charge on any atom is -0.508 e. The molecule has 0 radical (unpaired) electrons. The van der Waals surface area contributed by atoms with Crippen molar-refractivity contribution in [1.29, 1.82) is 0 Å². The molecule has 52 heavy (non-hydrogen) atoms. The van der Waals surface area contributed by atoms with Crippen LogP contribution in [0.4, 0.5) is 5.82 Å². The first-order valence-electron chi connectivity index (χ1n) is 17.1. The molecule has 6 atom stereocenters. The third-order valence-electron chi connectivity index (χ3n) is 11.8. The summed E-state index contributed by atoms with van der Waals surface area (Å²) in [4.78, 5) is 62.2. The number of phenols is 1. The molecule has 4 aliphatic rings. The molecule has 3 aromatic heterocycles. The molecule has 2 aliphatic carbocycles. The Morgan fingerprint density at radius 2 is 1.75 bits per heavy atom. The first kappa shape index (κ1) is 33.5. The van der Waals surface area contributed by atoms with Crippen molar-refractivity contribution in [1.82, 2.24) is 14.7 Å². The number of aromatic nitrogens is 2. The number of hydrogen-bond donors (Lipinski definition) is 1. The van der Waals surface area contributed by atoms with Crippen LogP contribution in [0, 0.1) is 36.0 Å². The van der Waals surface area contributed by atoms with Gasteiger partial charge in [0, 0.05) is 44.2 Å². The summed E-state index contributed by atoms with van der Waals surface area (Å²) in [5, 5.41) is 20.0. The van der Waals surface area contributed by atoms with E-state index in [1.165, 1.54) is 27.2 Å². The second-order valence-electron chi connectivity index (χ2n) is 14.4. The summed E-state index contributed by atoms with van der Waals surface area (Å²) in [6.45, 7) is 3.99. The average molecular weight is 772 g/mol. The van der Waals surface area contributed by atoms with Gasteiger partial charge in [-0.2, -0.15) is 5.10 Å². The molecule has 5 heterocycles. The number of aromatic hydroxyl groups is 1. The number of aryl methyl sites for hydroxylation is 2. The van der Waals surface area contributed by atoms with Crippen LogP contribution in [-0.2, 0) is 32.8 Å². The van der Waals surface area contributed by atoms with Crippen LogP contribution in [0.25, 0.3) is 20.7 Å². The predicted molar refractivity (Wildman–Crippen MR) is 201 cm³/mol. The zero-order chi connectivity index (χ0) is 36.4. The van der Waals surface area contributed by atoms with Gasteiger partial charge in [0.15, 0.2) is 0 Å². The molecule has 9 rings (SSSR count). The highest BCUT2D eigenvalue weighted by Gasteiger charge is 2.68. The lowest BCUT2D eigenvalue weighted by molar-refractivity contribution is -0.141. The van der Waals surface area contributed by atoms with Gasteiger partial charge in [0.25, 0.3) is 0 Å². The Bertz CT molecular complexity index is 2420. The fourth-order valence-electron chi connectivity index (χ4n) is 9.33. The maximum absolute atomic E-state index is 15.0. The number of fused-ring (bicyclic) bond motifs is 5. The second-order valence-corrected chi connectivity index (χ2v) is 17.4. The quantitative estimate of drug-likeness (QED) is 0.143. The number of imide groups is 2. The summed E-state index contributed by atoms with van der Waals surface area (Å²) in [5.74, 6) is -4.44. The average Bonchev–Trinajstić information content (AvgIpc) is 3.92. The van der Waals surface area contributed by atoms with Crippen LogP contribution in [0.2, 0.25) is 10.0 Å². The molecular weight excluding hydrogens is 739 g/mol. The smallest absolute Gasteiger partial charge is 0.242 e. The Hall–Kier alpha value is -4.29. The van der Waals surface area contributed by atoms with Gasteiger partial charge in [0.2, 0.25) is 23.6 Å². The van der Waals surface area contributed by atoms with Gasteiger partial charge in [-0.15, -0.1) is 22.7 Å². The number of phenolic OH excluding ortho intramolecular Hbond substituents is 1. The molecule has 0 bridgehead atoms. The monoisotopic (exact) mass is 770 g/mol. The zero-order valence-electron chi connectivity index (χ0n) is 28.3. The highest BCUT2D eigenvalue weighted by Crippen LogP contribution is 2.64. The van der Waals surface area contributed by atoms with Crippen molar-refractivity contribution < 1.29 is 24.3 Å². The van der Waals surface area contributed by atoms with Crippen LogP contribution in [0.5, 0.6) is 5.75 Å². The van der Waals surface area contributed by atoms with E-state index in [1.807, 2.05) is 48.7 Å². The van der Waals surface area contributed by atoms with Crippen LogP contribution < -0.4 is 4.90 Å². The van der Waals surface area contributed by atoms with Gasteiger partial charge in [0.05, 0.1) is 34.6 Å². The number of benzene rings is 2. The molecule has 0 spiro atoms. The van der Waals surface area contributed by atoms with Crippen molar-refractivity contribution >= 4 is 85.4 Å². The Morgan fingerprint density at radius 1 is 0.981 bits per heavy atom. The fourth-order valence-corrected chi connectivity index (χ4v) is 11.5. The largest absolute Gasteiger partial charge is 0.508 e. The van der Waals surface area contributed by atoms with E-state index in [9.17, 15) is 19.5 Å². The van der Waals surface area contributed by atoms with Crippen molar-refractivity contribution in [3.63, 3.8) is 0 Å². The first-order chi connectivity index (χ1) is 24.9. The molecule has 5 aromatic rings. The van der Waals surface area contributed by atoms with Crippen molar-refractivity contribution in [3.05, 3.63) is 97.7 Å². The Morgan fingerprint density at radius 3 is 2.52 bits per heavy atom. The number of halogens is 2. The molecule has 2 aromatic carbocycles. The molecule has 13 heteroatoms. The number of allylic oxidation sites excluding steroid dienone is 2. The summed E-state index contributed by atoms with van der Waals surface area (Å²) in [5.41, 5.74) is 1.47. The topological polar surface area (TPSA) is 113 Å². The van der Waals surface area contributed by atoms with Gasteiger partial charge >= 0.3 is 0 Å². The number of thiophene rings is 2. The van der Waals surface area contributed by atoms with Gasteiger partial charge in [-0.25, -0.2) is 4.90 Å². The number of carbonyl (C=O) groups excluding carboxylic acids is 4. The highest BCUT2D eigenvalue weighted by molar-refractivity contribution is 7.22. The maximum atomic E-state index is 15.0. The summed E-state index contributed by atoms with van der Waals surface area (Å²) >= 11 is 15.9. The summed E-state index contributed by atoms with van der Waals surface area (Å²) < 4.78 is 2.60. The number of nitrogens with zero attached hydrogens (tertiary/aromatic N) is 4. The summed E-state index contributed by atoms with van der Waals surface area (Å²) in [6.07, 6.45) is 2.49. The van der Waals surface area contributed by atoms with Crippen LogP contribution in [0.1, 0.15) is 41.7 Å². The SMILES string of the molecule is Cc1c(-c2cc(N3C(=O)C4CC5C(=CCC6C(=O)N(Cc7cccs7)C(=O)C65)C(c5cc(Cl)ccc5O)C4(C)C3=O)n(C)n2)sc2ccc(Cl)cc12. The Labute approximate surface area is 317 Å². The van der Waals surface area contributed by atoms with Crippen LogP contribution in [-0.4, -0.2) is 43.4 Å². The molecule has 4 amide bonds. The van der Waals surface area contributed by atoms with E-state index in [-0.39, 0.29) is 30.5 Å². The lowest BCUT2D eigenvalue weighted by Gasteiger charge is -2.49. The van der Waals surface area contributed by atoms with E-state index in [1.54, 1.807) is 48.2 Å². The zero-order valence-corrected chi connectivity index (χ0v) is 31.4. The number of amides is 4. The van der Waals surface area contributed by atoms with E-state index in [0.29, 0.717) is 33.5 Å². The van der Waals surface area contributed by atoms with E-state index in [4.69, 9.17) is 28.3 Å². The van der Waals surface area contributed by atoms with Crippen LogP contribution in [0.15, 0.2) is 71.6 Å². The summed E-state index contributed by atoms with van der Waals surface area (Å²) in [7, 11) is 1.71. The number of hydrogen-bond acceptors (Lipinski definition) is 8. The van der Waals surface area contributed by atoms with Crippen molar-refractivity contribution in [3.8, 4) is 16.3 Å². The highest BCUT2D eigenvalue weighted by atomic mass is 35.5. The fraction of sp³-hybridized carbons (Fsp3) is 0.308. The lowest BCUT2D eigenvalue weighted by atomic mass is 9.51. The minimum atomic E-state index is -1.34. The van der Waals surface area contributed by atoms with Gasteiger partial charge < -0.3 is 5.11 Å². The number of likely N-dealkylation sites (tertiary alicyclic amines) is 1. The van der Waals surface area contributed by atoms with Gasteiger partial charge in [-0.1, -0.05) is 40.9 Å². The molecule has 1 saturated carbocycles. The third-order valence-corrected chi connectivity index (χ3v) is 14.4. The number of rotatable bonds is 5. The molecule has 9 nitrogen and oxygen atoms in total. The maximum Gasteiger partial charge on any atom is 0.242 e. The predicted octanol–water partition coefficient (Wildman–Crippen LogP) is 8.12. The molecule has 2 saturated heterocycles. The standard InChI is InChI=1S/C39H32Cl2N4O5S2/c1-18-24-13-20(41)7-11-30(24)52-34(18)28-16-31(43(3)42-28)45-36(48)27-15-25-22(33(39(27,2)38(45)50)26-14-19(40)6-10-29(26)46)8-9-23-32(25)37(49)44(35(23)47)17-21-5-4-12-51-21/h4-8,10-14,16,23,25,27,32-33,46H,9,15,17H2,1-3H3. The Kier molecular flexibility index (Phi) is 7.65. The third kappa shape index (κ3) is 4.68. The number of carbonyl (C=O) groups is 4.